The molecule has 3 aromatic heterocycles. The maximum Gasteiger partial charge on any atom is 0.256 e. The van der Waals surface area contributed by atoms with Crippen molar-refractivity contribution < 1.29 is 14.0 Å². The van der Waals surface area contributed by atoms with Crippen LogP contribution in [-0.2, 0) is 17.8 Å². The van der Waals surface area contributed by atoms with Gasteiger partial charge in [-0.3, -0.25) is 9.59 Å². The van der Waals surface area contributed by atoms with E-state index in [1.165, 1.54) is 24.5 Å². The minimum atomic E-state index is -0.479. The monoisotopic (exact) mass is 471 g/mol. The number of nitrogen functional groups attached to an aromatic ring is 1. The van der Waals surface area contributed by atoms with Gasteiger partial charge in [-0.05, 0) is 48.7 Å². The molecule has 1 aliphatic rings. The van der Waals surface area contributed by atoms with Crippen LogP contribution in [0.15, 0.2) is 61.6 Å². The topological polar surface area (TPSA) is 128 Å². The van der Waals surface area contributed by atoms with Crippen LogP contribution in [0.2, 0.25) is 0 Å². The number of hydrogen-bond acceptors (Lipinski definition) is 6. The Morgan fingerprint density at radius 2 is 1.94 bits per heavy atom. The summed E-state index contributed by atoms with van der Waals surface area (Å²) >= 11 is 0. The third-order valence-corrected chi connectivity index (χ3v) is 6.05. The molecule has 4 N–H and O–H groups in total. The number of pyridine rings is 1. The van der Waals surface area contributed by atoms with Gasteiger partial charge in [-0.15, -0.1) is 0 Å². The maximum absolute atomic E-state index is 13.1. The fourth-order valence-electron chi connectivity index (χ4n) is 4.44. The third-order valence-electron chi connectivity index (χ3n) is 6.05. The summed E-state index contributed by atoms with van der Waals surface area (Å²) in [5.74, 6) is -0.427. The van der Waals surface area contributed by atoms with Gasteiger partial charge < -0.3 is 20.9 Å². The molecule has 176 valence electrons. The number of halogens is 1. The minimum absolute atomic E-state index is 0.0567. The lowest BCUT2D eigenvalue weighted by Gasteiger charge is -2.26. The van der Waals surface area contributed by atoms with Crippen molar-refractivity contribution in [3.63, 3.8) is 0 Å². The molecule has 0 saturated carbocycles. The highest BCUT2D eigenvalue weighted by atomic mass is 19.1. The lowest BCUT2D eigenvalue weighted by atomic mass is 9.96. The molecule has 2 amide bonds. The van der Waals surface area contributed by atoms with Gasteiger partial charge in [-0.1, -0.05) is 18.7 Å². The van der Waals surface area contributed by atoms with E-state index < -0.39 is 5.82 Å². The normalized spacial score (nSPS) is 14.8. The number of hydrogen-bond donors (Lipinski definition) is 3. The molecule has 0 bridgehead atoms. The second kappa shape index (κ2) is 8.98. The predicted octanol–water partition coefficient (Wildman–Crippen LogP) is 3.08. The quantitative estimate of drug-likeness (QED) is 0.384. The number of carbonyl (C=O) groups is 2. The molecule has 0 aliphatic carbocycles. The summed E-state index contributed by atoms with van der Waals surface area (Å²) in [6, 6.07) is 9.68. The summed E-state index contributed by atoms with van der Waals surface area (Å²) in [5, 5.41) is 6.35. The molecule has 0 spiro atoms. The first-order chi connectivity index (χ1) is 16.9. The molecule has 5 rings (SSSR count). The number of carbonyl (C=O) groups excluding carboxylic acids is 2. The molecule has 4 heterocycles. The number of benzene rings is 1. The lowest BCUT2D eigenvalue weighted by Crippen LogP contribution is -2.40. The van der Waals surface area contributed by atoms with Crippen LogP contribution in [0.5, 0.6) is 0 Å². The molecule has 0 fully saturated rings. The highest BCUT2D eigenvalue weighted by Gasteiger charge is 2.28. The van der Waals surface area contributed by atoms with E-state index in [0.29, 0.717) is 30.0 Å². The zero-order valence-electron chi connectivity index (χ0n) is 18.7. The summed E-state index contributed by atoms with van der Waals surface area (Å²) < 4.78 is 15.1. The summed E-state index contributed by atoms with van der Waals surface area (Å²) in [4.78, 5) is 36.9. The molecule has 0 saturated heterocycles. The van der Waals surface area contributed by atoms with E-state index in [1.54, 1.807) is 12.1 Å². The first-order valence-corrected chi connectivity index (χ1v) is 11.0. The lowest BCUT2D eigenvalue weighted by molar-refractivity contribution is -0.117. The van der Waals surface area contributed by atoms with Crippen LogP contribution in [0.3, 0.4) is 0 Å². The fourth-order valence-corrected chi connectivity index (χ4v) is 4.44. The highest BCUT2D eigenvalue weighted by Crippen LogP contribution is 2.39. The second-order valence-electron chi connectivity index (χ2n) is 8.23. The van der Waals surface area contributed by atoms with Crippen molar-refractivity contribution in [3.05, 3.63) is 78.7 Å². The van der Waals surface area contributed by atoms with E-state index >= 15 is 0 Å². The second-order valence-corrected chi connectivity index (χ2v) is 8.23. The molecule has 9 nitrogen and oxygen atoms in total. The van der Waals surface area contributed by atoms with Crippen molar-refractivity contribution in [2.75, 3.05) is 11.1 Å². The van der Waals surface area contributed by atoms with Crippen molar-refractivity contribution in [1.82, 2.24) is 24.8 Å². The van der Waals surface area contributed by atoms with Crippen LogP contribution < -0.4 is 16.4 Å². The van der Waals surface area contributed by atoms with Crippen LogP contribution in [0.4, 0.5) is 16.0 Å². The van der Waals surface area contributed by atoms with Gasteiger partial charge in [0.15, 0.2) is 0 Å². The van der Waals surface area contributed by atoms with E-state index in [4.69, 9.17) is 5.73 Å². The number of nitrogens with two attached hydrogens (primary N) is 1. The summed E-state index contributed by atoms with van der Waals surface area (Å²) in [7, 11) is 0. The van der Waals surface area contributed by atoms with E-state index in [-0.39, 0.29) is 23.7 Å². The van der Waals surface area contributed by atoms with E-state index in [2.05, 4.69) is 36.7 Å². The number of anilines is 2. The Hall–Kier alpha value is -4.60. The highest BCUT2D eigenvalue weighted by molar-refractivity contribution is 6.05. The zero-order valence-corrected chi connectivity index (χ0v) is 18.7. The molecule has 35 heavy (non-hydrogen) atoms. The summed E-state index contributed by atoms with van der Waals surface area (Å²) in [6.45, 7) is 4.07. The Labute approximate surface area is 199 Å². The van der Waals surface area contributed by atoms with Crippen molar-refractivity contribution >= 4 is 34.5 Å². The average Bonchev–Trinajstić information content (AvgIpc) is 3.20. The van der Waals surface area contributed by atoms with Crippen LogP contribution >= 0.6 is 0 Å². The fraction of sp³-hybridized carbons (Fsp3) is 0.160. The predicted molar refractivity (Wildman–Crippen MR) is 130 cm³/mol. The van der Waals surface area contributed by atoms with Crippen molar-refractivity contribution in [2.45, 2.75) is 25.4 Å². The Bertz CT molecular complexity index is 1450. The first-order valence-electron chi connectivity index (χ1n) is 11.0. The van der Waals surface area contributed by atoms with Crippen molar-refractivity contribution in [2.24, 2.45) is 0 Å². The average molecular weight is 471 g/mol. The number of aromatic nitrogens is 4. The number of nitrogens with zero attached hydrogens (tertiary/aromatic N) is 4. The van der Waals surface area contributed by atoms with Gasteiger partial charge in [0.1, 0.15) is 29.4 Å². The Kier molecular flexibility index (Phi) is 5.69. The molecule has 0 radical (unpaired) electrons. The smallest absolute Gasteiger partial charge is 0.256 e. The third kappa shape index (κ3) is 4.21. The molecule has 0 unspecified atom stereocenters. The number of fused-ring (bicyclic) bond motifs is 3. The first kappa shape index (κ1) is 22.2. The Morgan fingerprint density at radius 1 is 1.14 bits per heavy atom. The summed E-state index contributed by atoms with van der Waals surface area (Å²) in [6.07, 6.45) is 5.18. The molecule has 10 heteroatoms. The Balaban J connectivity index is 1.48. The van der Waals surface area contributed by atoms with Crippen LogP contribution in [0, 0.1) is 5.82 Å². The molecule has 1 aliphatic heterocycles. The van der Waals surface area contributed by atoms with E-state index in [0.717, 1.165) is 34.8 Å². The number of amides is 2. The van der Waals surface area contributed by atoms with Gasteiger partial charge in [-0.25, -0.2) is 19.3 Å². The van der Waals surface area contributed by atoms with E-state index in [1.807, 2.05) is 12.1 Å². The Morgan fingerprint density at radius 3 is 2.66 bits per heavy atom. The zero-order chi connectivity index (χ0) is 24.5. The van der Waals surface area contributed by atoms with Gasteiger partial charge in [0, 0.05) is 29.4 Å². The molecule has 4 aromatic rings. The van der Waals surface area contributed by atoms with Crippen LogP contribution in [-0.4, -0.2) is 37.4 Å². The molecular formula is C25H22FN7O2. The minimum Gasteiger partial charge on any atom is -0.383 e. The molecule has 1 atom stereocenters. The van der Waals surface area contributed by atoms with Gasteiger partial charge >= 0.3 is 0 Å². The molecule has 1 aromatic carbocycles. The van der Waals surface area contributed by atoms with Gasteiger partial charge in [-0.2, -0.15) is 0 Å². The van der Waals surface area contributed by atoms with Gasteiger partial charge in [0.05, 0.1) is 11.6 Å². The number of rotatable bonds is 5. The van der Waals surface area contributed by atoms with Crippen molar-refractivity contribution in [1.29, 1.82) is 0 Å². The molecular weight excluding hydrogens is 449 g/mol. The SMILES string of the molecule is C=CC(=O)N[C@@H]1CCc2c(-c3ccc(C(=O)Nc4ccc(F)cn4)cc3)c3c(N)ncnc3n2C1. The van der Waals surface area contributed by atoms with Crippen molar-refractivity contribution in [3.8, 4) is 11.1 Å². The van der Waals surface area contributed by atoms with Crippen LogP contribution in [0.25, 0.3) is 22.2 Å². The van der Waals surface area contributed by atoms with Gasteiger partial charge in [0.25, 0.3) is 5.91 Å². The standard InChI is InChI=1S/C25H22FN7O2/c1-2-20(34)31-17-8-9-18-21(22-23(27)29-13-30-24(22)33(18)12-17)14-3-5-15(6-4-14)25(35)32-19-10-7-16(26)11-28-19/h2-7,10-11,13,17H,1,8-9,12H2,(H,31,34)(H2,27,29,30)(H,28,32,35)/t17-/m1/s1. The number of nitrogens with one attached hydrogen (secondary N) is 2. The van der Waals surface area contributed by atoms with Gasteiger partial charge in [0.2, 0.25) is 5.91 Å². The van der Waals surface area contributed by atoms with Crippen LogP contribution in [0.1, 0.15) is 22.5 Å². The van der Waals surface area contributed by atoms with E-state index in [9.17, 15) is 14.0 Å². The largest absolute Gasteiger partial charge is 0.383 e. The summed E-state index contributed by atoms with van der Waals surface area (Å²) in [5.41, 5.74) is 10.2. The maximum atomic E-state index is 13.1.